The van der Waals surface area contributed by atoms with Gasteiger partial charge in [0.25, 0.3) is 5.91 Å². The third kappa shape index (κ3) is 4.31. The first-order chi connectivity index (χ1) is 10.5. The van der Waals surface area contributed by atoms with E-state index in [-0.39, 0.29) is 24.4 Å². The number of amides is 1. The SMILES string of the molecule is Cc1ccccc1C(C)NC(=O)COc1ccc(F)cc1Br. The molecule has 0 saturated carbocycles. The lowest BCUT2D eigenvalue weighted by atomic mass is 10.0. The Morgan fingerprint density at radius 1 is 1.32 bits per heavy atom. The Bertz CT molecular complexity index is 675. The molecule has 0 aliphatic heterocycles. The molecule has 0 aliphatic rings. The summed E-state index contributed by atoms with van der Waals surface area (Å²) in [6.45, 7) is 3.80. The van der Waals surface area contributed by atoms with Gasteiger partial charge < -0.3 is 10.1 Å². The summed E-state index contributed by atoms with van der Waals surface area (Å²) in [4.78, 5) is 12.0. The monoisotopic (exact) mass is 365 g/mol. The van der Waals surface area contributed by atoms with Crippen molar-refractivity contribution >= 4 is 21.8 Å². The van der Waals surface area contributed by atoms with Gasteiger partial charge in [0.15, 0.2) is 6.61 Å². The fraction of sp³-hybridized carbons (Fsp3) is 0.235. The third-order valence-electron chi connectivity index (χ3n) is 3.29. The highest BCUT2D eigenvalue weighted by molar-refractivity contribution is 9.10. The predicted molar refractivity (Wildman–Crippen MR) is 87.3 cm³/mol. The minimum atomic E-state index is -0.364. The number of hydrogen-bond acceptors (Lipinski definition) is 2. The Labute approximate surface area is 137 Å². The van der Waals surface area contributed by atoms with Crippen LogP contribution in [0.2, 0.25) is 0 Å². The first-order valence-electron chi connectivity index (χ1n) is 6.90. The van der Waals surface area contributed by atoms with Crippen molar-refractivity contribution in [1.82, 2.24) is 5.32 Å². The number of nitrogens with one attached hydrogen (secondary N) is 1. The van der Waals surface area contributed by atoms with Gasteiger partial charge in [-0.25, -0.2) is 4.39 Å². The molecule has 1 unspecified atom stereocenters. The minimum absolute atomic E-state index is 0.103. The zero-order valence-electron chi connectivity index (χ0n) is 12.4. The zero-order valence-corrected chi connectivity index (χ0v) is 14.0. The first-order valence-corrected chi connectivity index (χ1v) is 7.69. The number of aryl methyl sites for hydroxylation is 1. The molecule has 116 valence electrons. The van der Waals surface area contributed by atoms with Gasteiger partial charge in [0, 0.05) is 0 Å². The Morgan fingerprint density at radius 2 is 2.05 bits per heavy atom. The van der Waals surface area contributed by atoms with E-state index in [9.17, 15) is 9.18 Å². The Kier molecular flexibility index (Phi) is 5.55. The normalized spacial score (nSPS) is 11.8. The lowest BCUT2D eigenvalue weighted by molar-refractivity contribution is -0.123. The van der Waals surface area contributed by atoms with Crippen LogP contribution < -0.4 is 10.1 Å². The zero-order chi connectivity index (χ0) is 16.1. The van der Waals surface area contributed by atoms with E-state index < -0.39 is 0 Å². The van der Waals surface area contributed by atoms with Gasteiger partial charge in [-0.05, 0) is 59.1 Å². The molecular weight excluding hydrogens is 349 g/mol. The maximum Gasteiger partial charge on any atom is 0.258 e. The number of hydrogen-bond donors (Lipinski definition) is 1. The average molecular weight is 366 g/mol. The van der Waals surface area contributed by atoms with E-state index in [4.69, 9.17) is 4.74 Å². The van der Waals surface area contributed by atoms with Crippen LogP contribution in [0.4, 0.5) is 4.39 Å². The molecule has 5 heteroatoms. The molecule has 1 amide bonds. The number of carbonyl (C=O) groups is 1. The molecule has 1 atom stereocenters. The van der Waals surface area contributed by atoms with Crippen molar-refractivity contribution in [2.24, 2.45) is 0 Å². The molecule has 3 nitrogen and oxygen atoms in total. The maximum absolute atomic E-state index is 13.0. The number of benzene rings is 2. The molecule has 0 aromatic heterocycles. The van der Waals surface area contributed by atoms with Crippen molar-refractivity contribution in [2.45, 2.75) is 19.9 Å². The lowest BCUT2D eigenvalue weighted by Gasteiger charge is -2.17. The number of ether oxygens (including phenoxy) is 1. The summed E-state index contributed by atoms with van der Waals surface area (Å²) >= 11 is 3.20. The van der Waals surface area contributed by atoms with E-state index in [1.54, 1.807) is 0 Å². The maximum atomic E-state index is 13.0. The van der Waals surface area contributed by atoms with Gasteiger partial charge in [0.05, 0.1) is 10.5 Å². The average Bonchev–Trinajstić information content (AvgIpc) is 2.46. The van der Waals surface area contributed by atoms with E-state index in [2.05, 4.69) is 21.2 Å². The van der Waals surface area contributed by atoms with Gasteiger partial charge in [0.1, 0.15) is 11.6 Å². The van der Waals surface area contributed by atoms with Crippen LogP contribution in [0.25, 0.3) is 0 Å². The molecule has 0 aliphatic carbocycles. The molecule has 0 heterocycles. The smallest absolute Gasteiger partial charge is 0.258 e. The van der Waals surface area contributed by atoms with E-state index >= 15 is 0 Å². The van der Waals surface area contributed by atoms with Crippen LogP contribution in [0.15, 0.2) is 46.9 Å². The summed E-state index contributed by atoms with van der Waals surface area (Å²) in [5.74, 6) is -0.163. The van der Waals surface area contributed by atoms with Gasteiger partial charge in [-0.1, -0.05) is 24.3 Å². The summed E-state index contributed by atoms with van der Waals surface area (Å²) in [6, 6.07) is 11.9. The second-order valence-corrected chi connectivity index (χ2v) is 5.86. The molecule has 1 N–H and O–H groups in total. The molecule has 22 heavy (non-hydrogen) atoms. The molecule has 0 saturated heterocycles. The summed E-state index contributed by atoms with van der Waals surface area (Å²) in [6.07, 6.45) is 0. The van der Waals surface area contributed by atoms with Crippen molar-refractivity contribution in [1.29, 1.82) is 0 Å². The highest BCUT2D eigenvalue weighted by Gasteiger charge is 2.12. The Hall–Kier alpha value is -1.88. The summed E-state index contributed by atoms with van der Waals surface area (Å²) in [5, 5.41) is 2.88. The molecule has 0 fully saturated rings. The minimum Gasteiger partial charge on any atom is -0.483 e. The highest BCUT2D eigenvalue weighted by atomic mass is 79.9. The van der Waals surface area contributed by atoms with Crippen molar-refractivity contribution in [3.8, 4) is 5.75 Å². The second-order valence-electron chi connectivity index (χ2n) is 5.01. The molecular formula is C17H17BrFNO2. The van der Waals surface area contributed by atoms with Crippen LogP contribution in [-0.4, -0.2) is 12.5 Å². The van der Waals surface area contributed by atoms with Gasteiger partial charge in [0.2, 0.25) is 0 Å². The van der Waals surface area contributed by atoms with Crippen LogP contribution in [0, 0.1) is 12.7 Å². The predicted octanol–water partition coefficient (Wildman–Crippen LogP) is 4.15. The lowest BCUT2D eigenvalue weighted by Crippen LogP contribution is -2.31. The Balaban J connectivity index is 1.92. The standard InChI is InChI=1S/C17H17BrFNO2/c1-11-5-3-4-6-14(11)12(2)20-17(21)10-22-16-8-7-13(19)9-15(16)18/h3-9,12H,10H2,1-2H3,(H,20,21). The number of carbonyl (C=O) groups excluding carboxylic acids is 1. The molecule has 2 rings (SSSR count). The topological polar surface area (TPSA) is 38.3 Å². The third-order valence-corrected chi connectivity index (χ3v) is 3.90. The van der Waals surface area contributed by atoms with E-state index in [0.29, 0.717) is 10.2 Å². The van der Waals surface area contributed by atoms with Gasteiger partial charge in [-0.3, -0.25) is 4.79 Å². The number of halogens is 2. The summed E-state index contributed by atoms with van der Waals surface area (Å²) in [7, 11) is 0. The van der Waals surface area contributed by atoms with E-state index in [0.717, 1.165) is 11.1 Å². The van der Waals surface area contributed by atoms with Gasteiger partial charge in [-0.15, -0.1) is 0 Å². The van der Waals surface area contributed by atoms with E-state index in [1.165, 1.54) is 18.2 Å². The fourth-order valence-corrected chi connectivity index (χ4v) is 2.63. The van der Waals surface area contributed by atoms with E-state index in [1.807, 2.05) is 38.1 Å². The Morgan fingerprint density at radius 3 is 2.73 bits per heavy atom. The van der Waals surface area contributed by atoms with Gasteiger partial charge >= 0.3 is 0 Å². The van der Waals surface area contributed by atoms with Crippen LogP contribution in [0.5, 0.6) is 5.75 Å². The summed E-state index contributed by atoms with van der Waals surface area (Å²) < 4.78 is 18.9. The van der Waals surface area contributed by atoms with Crippen LogP contribution in [0.3, 0.4) is 0 Å². The van der Waals surface area contributed by atoms with Crippen LogP contribution >= 0.6 is 15.9 Å². The van der Waals surface area contributed by atoms with Gasteiger partial charge in [-0.2, -0.15) is 0 Å². The molecule has 0 spiro atoms. The van der Waals surface area contributed by atoms with Crippen LogP contribution in [0.1, 0.15) is 24.1 Å². The largest absolute Gasteiger partial charge is 0.483 e. The quantitative estimate of drug-likeness (QED) is 0.863. The molecule has 0 bridgehead atoms. The molecule has 0 radical (unpaired) electrons. The van der Waals surface area contributed by atoms with Crippen molar-refractivity contribution < 1.29 is 13.9 Å². The van der Waals surface area contributed by atoms with Crippen LogP contribution in [-0.2, 0) is 4.79 Å². The molecule has 2 aromatic rings. The van der Waals surface area contributed by atoms with Crippen molar-refractivity contribution in [2.75, 3.05) is 6.61 Å². The fourth-order valence-electron chi connectivity index (χ4n) is 2.17. The number of rotatable bonds is 5. The first kappa shape index (κ1) is 16.5. The van der Waals surface area contributed by atoms with Crippen molar-refractivity contribution in [3.05, 3.63) is 63.9 Å². The highest BCUT2D eigenvalue weighted by Crippen LogP contribution is 2.25. The second kappa shape index (κ2) is 7.40. The summed E-state index contributed by atoms with van der Waals surface area (Å²) in [5.41, 5.74) is 2.19. The molecule has 2 aromatic carbocycles. The van der Waals surface area contributed by atoms with Crippen molar-refractivity contribution in [3.63, 3.8) is 0 Å².